The van der Waals surface area contributed by atoms with Gasteiger partial charge in [-0.25, -0.2) is 0 Å². The lowest BCUT2D eigenvalue weighted by Gasteiger charge is -2.36. The Balaban J connectivity index is 1.41. The van der Waals surface area contributed by atoms with E-state index < -0.39 is 0 Å². The summed E-state index contributed by atoms with van der Waals surface area (Å²) in [6.07, 6.45) is 0.909. The van der Waals surface area contributed by atoms with Crippen molar-refractivity contribution in [1.29, 1.82) is 0 Å². The molecule has 1 amide bonds. The summed E-state index contributed by atoms with van der Waals surface area (Å²) in [5, 5.41) is 1.89. The van der Waals surface area contributed by atoms with Crippen LogP contribution in [0.25, 0.3) is 21.9 Å². The second-order valence-electron chi connectivity index (χ2n) is 7.61. The van der Waals surface area contributed by atoms with E-state index in [-0.39, 0.29) is 24.3 Å². The minimum absolute atomic E-state index is 0.0337. The molecule has 2 heterocycles. The molecule has 30 heavy (non-hydrogen) atoms. The molecule has 0 spiro atoms. The van der Waals surface area contributed by atoms with E-state index in [2.05, 4.69) is 6.07 Å². The predicted octanol–water partition coefficient (Wildman–Crippen LogP) is 5.03. The van der Waals surface area contributed by atoms with Crippen LogP contribution in [0.2, 0.25) is 0 Å². The zero-order chi connectivity index (χ0) is 20.7. The average Bonchev–Trinajstić information content (AvgIpc) is 3.12. The van der Waals surface area contributed by atoms with Crippen molar-refractivity contribution >= 4 is 33.8 Å². The first-order valence-corrected chi connectivity index (χ1v) is 10.1. The standard InChI is InChI=1S/C25H21NO4/c1-16(27)26-13-12-17-6-2-3-7-19(17)22(26)15-25(28)29-18-10-11-24-21(14-18)20-8-4-5-9-23(20)30-24/h2-11,14,22H,12-13,15H2,1H3. The minimum atomic E-state index is -0.366. The van der Waals surface area contributed by atoms with Crippen LogP contribution in [0.5, 0.6) is 5.75 Å². The summed E-state index contributed by atoms with van der Waals surface area (Å²) in [7, 11) is 0. The summed E-state index contributed by atoms with van der Waals surface area (Å²) < 4.78 is 11.5. The number of ether oxygens (including phenoxy) is 1. The maximum Gasteiger partial charge on any atom is 0.313 e. The van der Waals surface area contributed by atoms with Crippen molar-refractivity contribution in [3.05, 3.63) is 77.9 Å². The van der Waals surface area contributed by atoms with Gasteiger partial charge in [-0.15, -0.1) is 0 Å². The molecule has 0 fully saturated rings. The van der Waals surface area contributed by atoms with E-state index in [1.807, 2.05) is 54.6 Å². The Morgan fingerprint density at radius 2 is 1.77 bits per heavy atom. The fraction of sp³-hybridized carbons (Fsp3) is 0.200. The van der Waals surface area contributed by atoms with E-state index in [1.54, 1.807) is 17.9 Å². The van der Waals surface area contributed by atoms with E-state index in [0.29, 0.717) is 12.3 Å². The first-order valence-electron chi connectivity index (χ1n) is 10.1. The van der Waals surface area contributed by atoms with Gasteiger partial charge in [-0.05, 0) is 41.8 Å². The number of esters is 1. The predicted molar refractivity (Wildman–Crippen MR) is 114 cm³/mol. The molecule has 1 atom stereocenters. The van der Waals surface area contributed by atoms with Crippen molar-refractivity contribution in [3.63, 3.8) is 0 Å². The molecule has 1 aliphatic rings. The van der Waals surface area contributed by atoms with Gasteiger partial charge in [0.05, 0.1) is 12.5 Å². The molecule has 5 rings (SSSR count). The maximum atomic E-state index is 12.8. The number of nitrogens with zero attached hydrogens (tertiary/aromatic N) is 1. The second kappa shape index (κ2) is 7.34. The monoisotopic (exact) mass is 399 g/mol. The number of furan rings is 1. The number of carbonyl (C=O) groups excluding carboxylic acids is 2. The van der Waals surface area contributed by atoms with Gasteiger partial charge in [0, 0.05) is 24.2 Å². The van der Waals surface area contributed by atoms with Gasteiger partial charge in [-0.3, -0.25) is 9.59 Å². The molecule has 1 aliphatic heterocycles. The normalized spacial score (nSPS) is 15.9. The van der Waals surface area contributed by atoms with Crippen LogP contribution in [0.4, 0.5) is 0 Å². The topological polar surface area (TPSA) is 59.8 Å². The summed E-state index contributed by atoms with van der Waals surface area (Å²) >= 11 is 0. The van der Waals surface area contributed by atoms with Crippen molar-refractivity contribution in [2.75, 3.05) is 6.54 Å². The van der Waals surface area contributed by atoms with Gasteiger partial charge in [0.1, 0.15) is 16.9 Å². The number of rotatable bonds is 3. The largest absolute Gasteiger partial charge is 0.456 e. The molecule has 150 valence electrons. The Morgan fingerprint density at radius 3 is 2.63 bits per heavy atom. The van der Waals surface area contributed by atoms with Gasteiger partial charge in [-0.1, -0.05) is 42.5 Å². The Morgan fingerprint density at radius 1 is 1.00 bits per heavy atom. The van der Waals surface area contributed by atoms with Crippen molar-refractivity contribution in [2.45, 2.75) is 25.8 Å². The lowest BCUT2D eigenvalue weighted by molar-refractivity contribution is -0.138. The second-order valence-corrected chi connectivity index (χ2v) is 7.61. The number of hydrogen-bond acceptors (Lipinski definition) is 4. The minimum Gasteiger partial charge on any atom is -0.456 e. The van der Waals surface area contributed by atoms with E-state index in [1.165, 1.54) is 5.56 Å². The van der Waals surface area contributed by atoms with E-state index in [9.17, 15) is 9.59 Å². The molecular weight excluding hydrogens is 378 g/mol. The van der Waals surface area contributed by atoms with Crippen LogP contribution in [-0.4, -0.2) is 23.3 Å². The SMILES string of the molecule is CC(=O)N1CCc2ccccc2C1CC(=O)Oc1ccc2oc3ccccc3c2c1. The van der Waals surface area contributed by atoms with E-state index in [4.69, 9.17) is 9.15 Å². The molecule has 0 aliphatic carbocycles. The number of fused-ring (bicyclic) bond motifs is 4. The van der Waals surface area contributed by atoms with E-state index in [0.717, 1.165) is 33.9 Å². The summed E-state index contributed by atoms with van der Waals surface area (Å²) in [4.78, 5) is 26.7. The quantitative estimate of drug-likeness (QED) is 0.358. The Bertz CT molecular complexity index is 1270. The van der Waals surface area contributed by atoms with Crippen molar-refractivity contribution in [3.8, 4) is 5.75 Å². The van der Waals surface area contributed by atoms with Crippen molar-refractivity contribution in [1.82, 2.24) is 4.90 Å². The Labute approximate surface area is 173 Å². The molecule has 0 bridgehead atoms. The summed E-state index contributed by atoms with van der Waals surface area (Å²) in [5.41, 5.74) is 3.75. The van der Waals surface area contributed by atoms with Crippen molar-refractivity contribution < 1.29 is 18.7 Å². The van der Waals surface area contributed by atoms with Gasteiger partial charge in [-0.2, -0.15) is 0 Å². The summed E-state index contributed by atoms with van der Waals surface area (Å²) in [6, 6.07) is 20.8. The molecule has 1 unspecified atom stereocenters. The number of benzene rings is 3. The highest BCUT2D eigenvalue weighted by molar-refractivity contribution is 6.05. The third kappa shape index (κ3) is 3.22. The molecule has 0 N–H and O–H groups in total. The number of amides is 1. The Kier molecular flexibility index (Phi) is 4.51. The van der Waals surface area contributed by atoms with Crippen LogP contribution < -0.4 is 4.74 Å². The van der Waals surface area contributed by atoms with Gasteiger partial charge < -0.3 is 14.1 Å². The van der Waals surface area contributed by atoms with E-state index >= 15 is 0 Å². The molecule has 4 aromatic rings. The lowest BCUT2D eigenvalue weighted by atomic mass is 9.90. The first kappa shape index (κ1) is 18.4. The highest BCUT2D eigenvalue weighted by Gasteiger charge is 2.31. The fourth-order valence-electron chi connectivity index (χ4n) is 4.35. The number of hydrogen-bond donors (Lipinski definition) is 0. The summed E-state index contributed by atoms with van der Waals surface area (Å²) in [6.45, 7) is 2.15. The molecule has 1 aromatic heterocycles. The maximum absolute atomic E-state index is 12.8. The molecule has 5 nitrogen and oxygen atoms in total. The van der Waals surface area contributed by atoms with Gasteiger partial charge in [0.15, 0.2) is 0 Å². The van der Waals surface area contributed by atoms with Gasteiger partial charge >= 0.3 is 5.97 Å². The van der Waals surface area contributed by atoms with Gasteiger partial charge in [0.25, 0.3) is 0 Å². The van der Waals surface area contributed by atoms with Crippen LogP contribution in [0.15, 0.2) is 71.1 Å². The van der Waals surface area contributed by atoms with Crippen LogP contribution in [0.1, 0.15) is 30.5 Å². The van der Waals surface area contributed by atoms with Gasteiger partial charge in [0.2, 0.25) is 5.91 Å². The highest BCUT2D eigenvalue weighted by atomic mass is 16.5. The lowest BCUT2D eigenvalue weighted by Crippen LogP contribution is -2.40. The third-order valence-corrected chi connectivity index (χ3v) is 5.76. The summed E-state index contributed by atoms with van der Waals surface area (Å²) in [5.74, 6) is 0.0706. The third-order valence-electron chi connectivity index (χ3n) is 5.76. The fourth-order valence-corrected chi connectivity index (χ4v) is 4.35. The average molecular weight is 399 g/mol. The smallest absolute Gasteiger partial charge is 0.313 e. The van der Waals surface area contributed by atoms with Crippen LogP contribution >= 0.6 is 0 Å². The number of para-hydroxylation sites is 1. The molecule has 0 radical (unpaired) electrons. The molecule has 3 aromatic carbocycles. The zero-order valence-electron chi connectivity index (χ0n) is 16.6. The van der Waals surface area contributed by atoms with Crippen molar-refractivity contribution in [2.24, 2.45) is 0 Å². The molecule has 0 saturated carbocycles. The molecular formula is C25H21NO4. The molecule has 5 heteroatoms. The number of carbonyl (C=O) groups is 2. The zero-order valence-corrected chi connectivity index (χ0v) is 16.6. The van der Waals surface area contributed by atoms with Crippen LogP contribution in [0.3, 0.4) is 0 Å². The Hall–Kier alpha value is -3.60. The van der Waals surface area contributed by atoms with Crippen LogP contribution in [-0.2, 0) is 16.0 Å². The highest BCUT2D eigenvalue weighted by Crippen LogP contribution is 2.34. The van der Waals surface area contributed by atoms with Crippen LogP contribution in [0, 0.1) is 0 Å². The first-order chi connectivity index (χ1) is 14.6. The molecule has 0 saturated heterocycles.